The molecular formula is C21H18FN3O. The lowest BCUT2D eigenvalue weighted by Crippen LogP contribution is -2.14. The van der Waals surface area contributed by atoms with Crippen molar-refractivity contribution in [1.82, 2.24) is 4.98 Å². The van der Waals surface area contributed by atoms with Crippen molar-refractivity contribution in [2.45, 2.75) is 13.0 Å². The maximum Gasteiger partial charge on any atom is 0.228 e. The number of nitrogens with two attached hydrogens (primary N) is 1. The van der Waals surface area contributed by atoms with E-state index < -0.39 is 0 Å². The maximum atomic E-state index is 13.4. The first-order valence-corrected chi connectivity index (χ1v) is 8.41. The fourth-order valence-electron chi connectivity index (χ4n) is 3.15. The number of amides is 1. The van der Waals surface area contributed by atoms with Crippen LogP contribution in [0.15, 0.2) is 60.7 Å². The standard InChI is InChI=1S/C21H18FN3O/c22-15-4-8-18-17-7-3-14(9-19(17)25-20(18)11-15)10-21(26)24-16-5-1-13(12-23)2-6-16/h1-9,11,25H,10,12,23H2,(H,24,26). The zero-order chi connectivity index (χ0) is 18.1. The molecule has 0 fully saturated rings. The molecule has 4 N–H and O–H groups in total. The van der Waals surface area contributed by atoms with E-state index in [4.69, 9.17) is 5.73 Å². The molecule has 0 unspecified atom stereocenters. The Kier molecular flexibility index (Phi) is 4.14. The van der Waals surface area contributed by atoms with Crippen LogP contribution in [0, 0.1) is 5.82 Å². The van der Waals surface area contributed by atoms with Gasteiger partial charge in [0.25, 0.3) is 0 Å². The molecule has 0 aliphatic carbocycles. The summed E-state index contributed by atoms with van der Waals surface area (Å²) in [5.41, 5.74) is 9.87. The molecule has 4 aromatic rings. The number of aromatic amines is 1. The van der Waals surface area contributed by atoms with Crippen LogP contribution in [-0.4, -0.2) is 10.9 Å². The summed E-state index contributed by atoms with van der Waals surface area (Å²) in [4.78, 5) is 15.5. The number of nitrogens with one attached hydrogen (secondary N) is 2. The van der Waals surface area contributed by atoms with Crippen LogP contribution in [0.4, 0.5) is 10.1 Å². The van der Waals surface area contributed by atoms with Crippen molar-refractivity contribution >= 4 is 33.4 Å². The summed E-state index contributed by atoms with van der Waals surface area (Å²) in [5, 5.41) is 4.87. The maximum absolute atomic E-state index is 13.4. The Morgan fingerprint density at radius 3 is 2.31 bits per heavy atom. The number of hydrogen-bond acceptors (Lipinski definition) is 2. The molecule has 0 aliphatic rings. The minimum Gasteiger partial charge on any atom is -0.354 e. The fourth-order valence-corrected chi connectivity index (χ4v) is 3.15. The van der Waals surface area contributed by atoms with Gasteiger partial charge in [-0.2, -0.15) is 0 Å². The van der Waals surface area contributed by atoms with Gasteiger partial charge in [-0.25, -0.2) is 4.39 Å². The number of halogens is 1. The Morgan fingerprint density at radius 2 is 1.58 bits per heavy atom. The van der Waals surface area contributed by atoms with Crippen molar-refractivity contribution in [1.29, 1.82) is 0 Å². The van der Waals surface area contributed by atoms with Gasteiger partial charge in [-0.05, 0) is 47.5 Å². The second-order valence-corrected chi connectivity index (χ2v) is 6.32. The van der Waals surface area contributed by atoms with Crippen molar-refractivity contribution in [2.24, 2.45) is 5.73 Å². The zero-order valence-electron chi connectivity index (χ0n) is 14.1. The number of rotatable bonds is 4. The Morgan fingerprint density at radius 1 is 0.923 bits per heavy atom. The van der Waals surface area contributed by atoms with E-state index in [0.717, 1.165) is 38.6 Å². The molecule has 0 radical (unpaired) electrons. The highest BCUT2D eigenvalue weighted by Crippen LogP contribution is 2.26. The highest BCUT2D eigenvalue weighted by molar-refractivity contribution is 6.07. The van der Waals surface area contributed by atoms with E-state index in [0.29, 0.717) is 6.54 Å². The molecule has 26 heavy (non-hydrogen) atoms. The number of hydrogen-bond donors (Lipinski definition) is 3. The van der Waals surface area contributed by atoms with Crippen LogP contribution >= 0.6 is 0 Å². The summed E-state index contributed by atoms with van der Waals surface area (Å²) in [6.07, 6.45) is 0.262. The Hall–Kier alpha value is -3.18. The van der Waals surface area contributed by atoms with Gasteiger partial charge in [0, 0.05) is 34.0 Å². The van der Waals surface area contributed by atoms with Crippen LogP contribution in [-0.2, 0) is 17.8 Å². The van der Waals surface area contributed by atoms with Gasteiger partial charge in [-0.1, -0.05) is 24.3 Å². The number of benzene rings is 3. The highest BCUT2D eigenvalue weighted by atomic mass is 19.1. The van der Waals surface area contributed by atoms with Gasteiger partial charge in [-0.3, -0.25) is 4.79 Å². The lowest BCUT2D eigenvalue weighted by atomic mass is 10.1. The molecule has 5 heteroatoms. The summed E-state index contributed by atoms with van der Waals surface area (Å²) in [7, 11) is 0. The molecule has 1 heterocycles. The largest absolute Gasteiger partial charge is 0.354 e. The third-order valence-electron chi connectivity index (χ3n) is 4.46. The van der Waals surface area contributed by atoms with Gasteiger partial charge in [0.05, 0.1) is 6.42 Å². The highest BCUT2D eigenvalue weighted by Gasteiger charge is 2.09. The third kappa shape index (κ3) is 3.17. The summed E-state index contributed by atoms with van der Waals surface area (Å²) >= 11 is 0. The zero-order valence-corrected chi connectivity index (χ0v) is 14.1. The quantitative estimate of drug-likeness (QED) is 0.520. The van der Waals surface area contributed by atoms with E-state index in [1.807, 2.05) is 42.5 Å². The van der Waals surface area contributed by atoms with Gasteiger partial charge >= 0.3 is 0 Å². The van der Waals surface area contributed by atoms with Crippen molar-refractivity contribution in [3.05, 3.63) is 77.6 Å². The Balaban J connectivity index is 1.54. The van der Waals surface area contributed by atoms with Crippen molar-refractivity contribution in [2.75, 3.05) is 5.32 Å². The van der Waals surface area contributed by atoms with Gasteiger partial charge in [0.15, 0.2) is 0 Å². The second-order valence-electron chi connectivity index (χ2n) is 6.32. The molecule has 130 valence electrons. The molecule has 0 aliphatic heterocycles. The average Bonchev–Trinajstić information content (AvgIpc) is 2.98. The van der Waals surface area contributed by atoms with Crippen LogP contribution < -0.4 is 11.1 Å². The molecule has 4 rings (SSSR count). The van der Waals surface area contributed by atoms with Crippen LogP contribution in [0.25, 0.3) is 21.8 Å². The number of H-pyrrole nitrogens is 1. The molecule has 1 amide bonds. The summed E-state index contributed by atoms with van der Waals surface area (Å²) < 4.78 is 13.4. The van der Waals surface area contributed by atoms with Gasteiger partial charge < -0.3 is 16.0 Å². The first-order chi connectivity index (χ1) is 12.6. The molecular weight excluding hydrogens is 329 g/mol. The lowest BCUT2D eigenvalue weighted by molar-refractivity contribution is -0.115. The SMILES string of the molecule is NCc1ccc(NC(=O)Cc2ccc3c(c2)[nH]c2cc(F)ccc23)cc1. The summed E-state index contributed by atoms with van der Waals surface area (Å²) in [5.74, 6) is -0.365. The van der Waals surface area contributed by atoms with E-state index in [2.05, 4.69) is 10.3 Å². The molecule has 0 saturated heterocycles. The Bertz CT molecular complexity index is 1100. The number of anilines is 1. The van der Waals surface area contributed by atoms with Gasteiger partial charge in [0.2, 0.25) is 5.91 Å². The topological polar surface area (TPSA) is 70.9 Å². The summed E-state index contributed by atoms with van der Waals surface area (Å²) in [6.45, 7) is 0.475. The predicted octanol–water partition coefficient (Wildman–Crippen LogP) is 4.10. The molecule has 1 aromatic heterocycles. The molecule has 3 aromatic carbocycles. The molecule has 0 spiro atoms. The summed E-state index contributed by atoms with van der Waals surface area (Å²) in [6, 6.07) is 18.0. The Labute approximate surface area is 149 Å². The molecule has 0 saturated carbocycles. The van der Waals surface area contributed by atoms with E-state index in [1.54, 1.807) is 6.07 Å². The van der Waals surface area contributed by atoms with E-state index >= 15 is 0 Å². The third-order valence-corrected chi connectivity index (χ3v) is 4.46. The number of fused-ring (bicyclic) bond motifs is 3. The van der Waals surface area contributed by atoms with Crippen LogP contribution in [0.1, 0.15) is 11.1 Å². The van der Waals surface area contributed by atoms with Crippen molar-refractivity contribution in [3.63, 3.8) is 0 Å². The number of aromatic nitrogens is 1. The first kappa shape index (κ1) is 16.3. The van der Waals surface area contributed by atoms with Gasteiger partial charge in [0.1, 0.15) is 5.82 Å². The second kappa shape index (κ2) is 6.61. The number of carbonyl (C=O) groups is 1. The van der Waals surface area contributed by atoms with Gasteiger partial charge in [-0.15, -0.1) is 0 Å². The van der Waals surface area contributed by atoms with Crippen LogP contribution in [0.5, 0.6) is 0 Å². The normalized spacial score (nSPS) is 11.2. The molecule has 0 atom stereocenters. The van der Waals surface area contributed by atoms with E-state index in [9.17, 15) is 9.18 Å². The minimum absolute atomic E-state index is 0.0907. The predicted molar refractivity (Wildman–Crippen MR) is 102 cm³/mol. The smallest absolute Gasteiger partial charge is 0.228 e. The first-order valence-electron chi connectivity index (χ1n) is 8.41. The monoisotopic (exact) mass is 347 g/mol. The van der Waals surface area contributed by atoms with E-state index in [1.165, 1.54) is 12.1 Å². The lowest BCUT2D eigenvalue weighted by Gasteiger charge is -2.06. The molecule has 4 nitrogen and oxygen atoms in total. The fraction of sp³-hybridized carbons (Fsp3) is 0.0952. The van der Waals surface area contributed by atoms with Crippen molar-refractivity contribution < 1.29 is 9.18 Å². The minimum atomic E-state index is -0.274. The average molecular weight is 347 g/mol. The van der Waals surface area contributed by atoms with E-state index in [-0.39, 0.29) is 18.1 Å². The number of carbonyl (C=O) groups excluding carboxylic acids is 1. The van der Waals surface area contributed by atoms with Crippen LogP contribution in [0.2, 0.25) is 0 Å². The molecule has 0 bridgehead atoms. The van der Waals surface area contributed by atoms with Crippen molar-refractivity contribution in [3.8, 4) is 0 Å². The van der Waals surface area contributed by atoms with Crippen LogP contribution in [0.3, 0.4) is 0 Å².